The summed E-state index contributed by atoms with van der Waals surface area (Å²) in [5.74, 6) is 2.13. The molecule has 0 aromatic heterocycles. The van der Waals surface area contributed by atoms with Gasteiger partial charge in [0.1, 0.15) is 5.54 Å². The van der Waals surface area contributed by atoms with Crippen LogP contribution in [0.2, 0.25) is 0 Å². The number of aliphatic hydroxyl groups excluding tert-OH is 1. The van der Waals surface area contributed by atoms with E-state index in [9.17, 15) is 14.7 Å². The summed E-state index contributed by atoms with van der Waals surface area (Å²) in [5.41, 5.74) is -0.706. The van der Waals surface area contributed by atoms with E-state index in [4.69, 9.17) is 0 Å². The average molecular weight is 327 g/mol. The van der Waals surface area contributed by atoms with Crippen LogP contribution in [0.4, 0.5) is 4.79 Å². The van der Waals surface area contributed by atoms with Gasteiger partial charge in [-0.05, 0) is 44.0 Å². The van der Waals surface area contributed by atoms with Crippen LogP contribution in [0.3, 0.4) is 0 Å². The van der Waals surface area contributed by atoms with Gasteiger partial charge in [-0.1, -0.05) is 6.92 Å². The van der Waals surface area contributed by atoms with Gasteiger partial charge in [0.05, 0.1) is 12.6 Å². The predicted octanol–water partition coefficient (Wildman–Crippen LogP) is 0.507. The number of likely N-dealkylation sites (tertiary alicyclic amines) is 1. The van der Waals surface area contributed by atoms with Gasteiger partial charge >= 0.3 is 6.03 Å². The molecule has 0 aliphatic carbocycles. The highest BCUT2D eigenvalue weighted by molar-refractivity contribution is 7.99. The van der Waals surface area contributed by atoms with E-state index in [1.165, 1.54) is 4.90 Å². The molecule has 0 aromatic rings. The fraction of sp³-hybridized carbons (Fsp3) is 0.867. The summed E-state index contributed by atoms with van der Waals surface area (Å²) >= 11 is 1.69. The van der Waals surface area contributed by atoms with Gasteiger partial charge < -0.3 is 15.3 Å². The first-order chi connectivity index (χ1) is 10.5. The van der Waals surface area contributed by atoms with Gasteiger partial charge in [0.25, 0.3) is 5.91 Å². The molecule has 0 bridgehead atoms. The molecule has 1 spiro atoms. The van der Waals surface area contributed by atoms with Crippen molar-refractivity contribution >= 4 is 23.7 Å². The molecule has 22 heavy (non-hydrogen) atoms. The molecular weight excluding hydrogens is 302 g/mol. The van der Waals surface area contributed by atoms with Gasteiger partial charge in [-0.3, -0.25) is 9.69 Å². The van der Waals surface area contributed by atoms with Crippen molar-refractivity contribution in [2.24, 2.45) is 5.92 Å². The Morgan fingerprint density at radius 1 is 1.36 bits per heavy atom. The smallest absolute Gasteiger partial charge is 0.325 e. The molecule has 2 atom stereocenters. The number of nitrogens with one attached hydrogen (secondary N) is 1. The van der Waals surface area contributed by atoms with Crippen molar-refractivity contribution in [1.29, 1.82) is 0 Å². The molecule has 6 nitrogen and oxygen atoms in total. The van der Waals surface area contributed by atoms with Crippen molar-refractivity contribution in [3.8, 4) is 0 Å². The van der Waals surface area contributed by atoms with Gasteiger partial charge in [0.15, 0.2) is 0 Å². The lowest BCUT2D eigenvalue weighted by molar-refractivity contribution is -0.131. The Bertz CT molecular complexity index is 445. The minimum absolute atomic E-state index is 0.100. The average Bonchev–Trinajstić information content (AvgIpc) is 3.03. The molecule has 3 saturated heterocycles. The van der Waals surface area contributed by atoms with Crippen molar-refractivity contribution < 1.29 is 14.7 Å². The first-order valence-corrected chi connectivity index (χ1v) is 9.28. The molecule has 3 aliphatic rings. The Hall–Kier alpha value is -0.790. The van der Waals surface area contributed by atoms with E-state index < -0.39 is 11.6 Å². The zero-order valence-electron chi connectivity index (χ0n) is 13.1. The van der Waals surface area contributed by atoms with E-state index in [0.717, 1.165) is 37.6 Å². The Kier molecular flexibility index (Phi) is 4.66. The van der Waals surface area contributed by atoms with Gasteiger partial charge in [-0.25, -0.2) is 4.79 Å². The number of rotatable bonds is 4. The number of carbonyl (C=O) groups is 2. The number of β-amino-alcohol motifs (C(OH)–C–C–N with tert-alkyl or cyclic N) is 1. The monoisotopic (exact) mass is 327 g/mol. The molecule has 0 saturated carbocycles. The van der Waals surface area contributed by atoms with Crippen LogP contribution in [0.5, 0.6) is 0 Å². The Morgan fingerprint density at radius 2 is 2.09 bits per heavy atom. The highest BCUT2D eigenvalue weighted by Gasteiger charge is 2.53. The minimum atomic E-state index is -0.706. The third kappa shape index (κ3) is 3.12. The van der Waals surface area contributed by atoms with Gasteiger partial charge in [0, 0.05) is 12.3 Å². The fourth-order valence-corrected chi connectivity index (χ4v) is 4.81. The second-order valence-corrected chi connectivity index (χ2v) is 7.97. The van der Waals surface area contributed by atoms with Crippen LogP contribution in [-0.4, -0.2) is 76.2 Å². The standard InChI is InChI=1S/C15H25N3O3S/c1-11-2-5-17(6-3-11)8-12(19)9-18-13(20)15(16-14(18)21)4-7-22-10-15/h11-12,19H,2-10H2,1H3,(H,16,21). The summed E-state index contributed by atoms with van der Waals surface area (Å²) in [5, 5.41) is 13.1. The summed E-state index contributed by atoms with van der Waals surface area (Å²) in [4.78, 5) is 28.0. The summed E-state index contributed by atoms with van der Waals surface area (Å²) < 4.78 is 0. The van der Waals surface area contributed by atoms with Crippen LogP contribution in [0.15, 0.2) is 0 Å². The molecule has 3 rings (SSSR count). The van der Waals surface area contributed by atoms with Crippen molar-refractivity contribution in [3.05, 3.63) is 0 Å². The number of hydrogen-bond acceptors (Lipinski definition) is 5. The molecule has 0 aromatic carbocycles. The number of urea groups is 1. The zero-order valence-corrected chi connectivity index (χ0v) is 13.9. The third-order valence-corrected chi connectivity index (χ3v) is 6.20. The molecule has 2 N–H and O–H groups in total. The Balaban J connectivity index is 1.54. The molecule has 2 unspecified atom stereocenters. The molecule has 3 fully saturated rings. The van der Waals surface area contributed by atoms with Crippen LogP contribution in [-0.2, 0) is 4.79 Å². The van der Waals surface area contributed by atoms with Crippen LogP contribution < -0.4 is 5.32 Å². The van der Waals surface area contributed by atoms with Gasteiger partial charge in [0.2, 0.25) is 0 Å². The number of nitrogens with zero attached hydrogens (tertiary/aromatic N) is 2. The van der Waals surface area contributed by atoms with E-state index in [0.29, 0.717) is 18.7 Å². The number of imide groups is 1. The van der Waals surface area contributed by atoms with Crippen LogP contribution >= 0.6 is 11.8 Å². The van der Waals surface area contributed by atoms with E-state index >= 15 is 0 Å². The number of thioether (sulfide) groups is 1. The predicted molar refractivity (Wildman–Crippen MR) is 85.8 cm³/mol. The Labute approximate surface area is 135 Å². The second kappa shape index (κ2) is 6.37. The highest BCUT2D eigenvalue weighted by atomic mass is 32.2. The summed E-state index contributed by atoms with van der Waals surface area (Å²) in [6, 6.07) is -0.348. The van der Waals surface area contributed by atoms with E-state index in [1.807, 2.05) is 0 Å². The minimum Gasteiger partial charge on any atom is -0.390 e. The lowest BCUT2D eigenvalue weighted by Gasteiger charge is -2.32. The zero-order chi connectivity index (χ0) is 15.7. The number of piperidine rings is 1. The van der Waals surface area contributed by atoms with Crippen molar-refractivity contribution in [1.82, 2.24) is 15.1 Å². The first-order valence-electron chi connectivity index (χ1n) is 8.12. The molecule has 3 amide bonds. The van der Waals surface area contributed by atoms with Crippen LogP contribution in [0.25, 0.3) is 0 Å². The van der Waals surface area contributed by atoms with Crippen molar-refractivity contribution in [2.75, 3.05) is 37.7 Å². The normalized spacial score (nSPS) is 32.0. The van der Waals surface area contributed by atoms with E-state index in [-0.39, 0.29) is 18.5 Å². The van der Waals surface area contributed by atoms with E-state index in [1.54, 1.807) is 11.8 Å². The number of hydrogen-bond donors (Lipinski definition) is 2. The highest BCUT2D eigenvalue weighted by Crippen LogP contribution is 2.33. The summed E-state index contributed by atoms with van der Waals surface area (Å²) in [7, 11) is 0. The quantitative estimate of drug-likeness (QED) is 0.736. The molecule has 3 heterocycles. The number of amides is 3. The maximum absolute atomic E-state index is 12.5. The van der Waals surface area contributed by atoms with Crippen LogP contribution in [0.1, 0.15) is 26.2 Å². The molecule has 7 heteroatoms. The summed E-state index contributed by atoms with van der Waals surface area (Å²) in [6.07, 6.45) is 2.32. The molecular formula is C15H25N3O3S. The third-order valence-electron chi connectivity index (χ3n) is 5.01. The van der Waals surface area contributed by atoms with Crippen molar-refractivity contribution in [2.45, 2.75) is 37.8 Å². The van der Waals surface area contributed by atoms with Crippen LogP contribution in [0, 0.1) is 5.92 Å². The lowest BCUT2D eigenvalue weighted by Crippen LogP contribution is -2.48. The molecule has 124 valence electrons. The number of carbonyl (C=O) groups excluding carboxylic acids is 2. The maximum atomic E-state index is 12.5. The molecule has 0 radical (unpaired) electrons. The maximum Gasteiger partial charge on any atom is 0.325 e. The lowest BCUT2D eigenvalue weighted by atomic mass is 9.98. The largest absolute Gasteiger partial charge is 0.390 e. The fourth-order valence-electron chi connectivity index (χ4n) is 3.49. The second-order valence-electron chi connectivity index (χ2n) is 6.87. The summed E-state index contributed by atoms with van der Waals surface area (Å²) in [6.45, 7) is 4.85. The number of aliphatic hydroxyl groups is 1. The van der Waals surface area contributed by atoms with Crippen molar-refractivity contribution in [3.63, 3.8) is 0 Å². The topological polar surface area (TPSA) is 72.9 Å². The SMILES string of the molecule is CC1CCN(CC(O)CN2C(=O)NC3(CCSC3)C2=O)CC1. The Morgan fingerprint density at radius 3 is 2.73 bits per heavy atom. The van der Waals surface area contributed by atoms with Gasteiger partial charge in [-0.2, -0.15) is 11.8 Å². The van der Waals surface area contributed by atoms with E-state index in [2.05, 4.69) is 17.1 Å². The first kappa shape index (κ1) is 16.1. The molecule has 3 aliphatic heterocycles. The van der Waals surface area contributed by atoms with Gasteiger partial charge in [-0.15, -0.1) is 0 Å².